The van der Waals surface area contributed by atoms with Gasteiger partial charge in [-0.1, -0.05) is 23.1 Å². The van der Waals surface area contributed by atoms with Gasteiger partial charge < -0.3 is 19.5 Å². The lowest BCUT2D eigenvalue weighted by molar-refractivity contribution is -0.113. The molecule has 0 saturated carbocycles. The molecule has 160 valence electrons. The number of rotatable bonds is 6. The number of hydrogen-bond acceptors (Lipinski definition) is 9. The molecule has 2 aromatic heterocycles. The van der Waals surface area contributed by atoms with Crippen LogP contribution in [0.3, 0.4) is 0 Å². The third-order valence-electron chi connectivity index (χ3n) is 4.65. The van der Waals surface area contributed by atoms with Gasteiger partial charge in [-0.15, -0.1) is 0 Å². The summed E-state index contributed by atoms with van der Waals surface area (Å²) in [5.41, 5.74) is 1.87. The molecule has 5 rings (SSSR count). The zero-order valence-electron chi connectivity index (χ0n) is 16.9. The van der Waals surface area contributed by atoms with Crippen molar-refractivity contribution in [2.75, 3.05) is 24.5 Å². The molecule has 0 aliphatic carbocycles. The van der Waals surface area contributed by atoms with Crippen molar-refractivity contribution in [1.29, 1.82) is 5.26 Å². The van der Waals surface area contributed by atoms with Gasteiger partial charge >= 0.3 is 0 Å². The van der Waals surface area contributed by atoms with Crippen molar-refractivity contribution in [2.24, 2.45) is 0 Å². The molecule has 1 aliphatic heterocycles. The van der Waals surface area contributed by atoms with Gasteiger partial charge in [-0.25, -0.2) is 9.97 Å². The van der Waals surface area contributed by atoms with E-state index in [1.807, 2.05) is 25.1 Å². The van der Waals surface area contributed by atoms with Gasteiger partial charge in [-0.3, -0.25) is 4.79 Å². The summed E-state index contributed by atoms with van der Waals surface area (Å²) in [5.74, 6) is 1.89. The second-order valence-electron chi connectivity index (χ2n) is 6.77. The minimum atomic E-state index is -0.226. The Hall–Kier alpha value is -3.55. The number of aromatic nitrogens is 2. The van der Waals surface area contributed by atoms with E-state index in [9.17, 15) is 10.1 Å². The van der Waals surface area contributed by atoms with E-state index in [0.717, 1.165) is 21.4 Å². The second-order valence-corrected chi connectivity index (χ2v) is 8.76. The van der Waals surface area contributed by atoms with Gasteiger partial charge in [-0.05, 0) is 37.3 Å². The van der Waals surface area contributed by atoms with Crippen molar-refractivity contribution in [3.63, 3.8) is 0 Å². The van der Waals surface area contributed by atoms with E-state index in [2.05, 4.69) is 21.4 Å². The quantitative estimate of drug-likeness (QED) is 0.414. The van der Waals surface area contributed by atoms with Crippen LogP contribution in [-0.2, 0) is 4.79 Å². The van der Waals surface area contributed by atoms with E-state index < -0.39 is 0 Å². The van der Waals surface area contributed by atoms with Crippen LogP contribution in [0.1, 0.15) is 12.5 Å². The van der Waals surface area contributed by atoms with Crippen LogP contribution >= 0.6 is 23.1 Å². The summed E-state index contributed by atoms with van der Waals surface area (Å²) in [6.07, 6.45) is 0. The van der Waals surface area contributed by atoms with Crippen molar-refractivity contribution >= 4 is 55.3 Å². The minimum absolute atomic E-state index is 0.0951. The minimum Gasteiger partial charge on any atom is -0.494 e. The SMILES string of the molecule is CCOc1ccc2nc(NC(=O)CSc3nc4cc5c(cc4cc3C#N)OCO5)sc2c1. The van der Waals surface area contributed by atoms with Crippen molar-refractivity contribution in [3.05, 3.63) is 42.0 Å². The number of anilines is 1. The number of amides is 1. The number of ether oxygens (including phenoxy) is 3. The number of pyridine rings is 1. The number of nitrogens with one attached hydrogen (secondary N) is 1. The van der Waals surface area contributed by atoms with E-state index >= 15 is 0 Å². The summed E-state index contributed by atoms with van der Waals surface area (Å²) in [6, 6.07) is 13.1. The van der Waals surface area contributed by atoms with E-state index in [1.54, 1.807) is 18.2 Å². The Balaban J connectivity index is 1.30. The van der Waals surface area contributed by atoms with Crippen LogP contribution in [-0.4, -0.2) is 35.0 Å². The topological polar surface area (TPSA) is 106 Å². The molecule has 4 aromatic rings. The molecule has 10 heteroatoms. The third-order valence-corrected chi connectivity index (χ3v) is 6.58. The summed E-state index contributed by atoms with van der Waals surface area (Å²) in [6.45, 7) is 2.68. The summed E-state index contributed by atoms with van der Waals surface area (Å²) < 4.78 is 17.2. The summed E-state index contributed by atoms with van der Waals surface area (Å²) in [7, 11) is 0. The number of fused-ring (bicyclic) bond motifs is 3. The lowest BCUT2D eigenvalue weighted by Crippen LogP contribution is -2.14. The lowest BCUT2D eigenvalue weighted by Gasteiger charge is -2.06. The first-order chi connectivity index (χ1) is 15.6. The molecule has 0 spiro atoms. The molecule has 8 nitrogen and oxygen atoms in total. The van der Waals surface area contributed by atoms with Crippen molar-refractivity contribution in [1.82, 2.24) is 9.97 Å². The lowest BCUT2D eigenvalue weighted by atomic mass is 10.1. The van der Waals surface area contributed by atoms with Crippen LogP contribution in [0, 0.1) is 11.3 Å². The Morgan fingerprint density at radius 3 is 2.88 bits per heavy atom. The molecule has 0 atom stereocenters. The van der Waals surface area contributed by atoms with Crippen LogP contribution < -0.4 is 19.5 Å². The smallest absolute Gasteiger partial charge is 0.236 e. The van der Waals surface area contributed by atoms with Gasteiger partial charge in [0.05, 0.1) is 33.7 Å². The maximum atomic E-state index is 12.5. The van der Waals surface area contributed by atoms with E-state index in [0.29, 0.717) is 39.3 Å². The van der Waals surface area contributed by atoms with Gasteiger partial charge in [0.1, 0.15) is 16.8 Å². The molecule has 1 amide bonds. The largest absolute Gasteiger partial charge is 0.494 e. The van der Waals surface area contributed by atoms with Gasteiger partial charge in [0.25, 0.3) is 0 Å². The summed E-state index contributed by atoms with van der Waals surface area (Å²) in [5, 5.41) is 14.1. The average Bonchev–Trinajstić information content (AvgIpc) is 3.41. The number of carbonyl (C=O) groups excluding carboxylic acids is 1. The molecule has 32 heavy (non-hydrogen) atoms. The van der Waals surface area contributed by atoms with Crippen LogP contribution in [0.25, 0.3) is 21.1 Å². The number of nitrogens with zero attached hydrogens (tertiary/aromatic N) is 3. The van der Waals surface area contributed by atoms with E-state index in [4.69, 9.17) is 14.2 Å². The maximum Gasteiger partial charge on any atom is 0.236 e. The molecule has 2 aromatic carbocycles. The van der Waals surface area contributed by atoms with Gasteiger partial charge in [0.2, 0.25) is 12.7 Å². The monoisotopic (exact) mass is 464 g/mol. The van der Waals surface area contributed by atoms with Crippen LogP contribution in [0.4, 0.5) is 5.13 Å². The number of nitriles is 1. The van der Waals surface area contributed by atoms with Gasteiger partial charge in [-0.2, -0.15) is 5.26 Å². The predicted molar refractivity (Wildman–Crippen MR) is 123 cm³/mol. The predicted octanol–water partition coefficient (Wildman–Crippen LogP) is 4.57. The first-order valence-corrected chi connectivity index (χ1v) is 11.5. The molecule has 1 aliphatic rings. The van der Waals surface area contributed by atoms with Crippen LogP contribution in [0.2, 0.25) is 0 Å². The first kappa shape index (κ1) is 20.4. The third kappa shape index (κ3) is 4.00. The zero-order chi connectivity index (χ0) is 22.1. The molecule has 0 radical (unpaired) electrons. The molecular weight excluding hydrogens is 448 g/mol. The molecule has 1 N–H and O–H groups in total. The number of thiazole rings is 1. The van der Waals surface area contributed by atoms with Crippen molar-refractivity contribution < 1.29 is 19.0 Å². The van der Waals surface area contributed by atoms with Crippen molar-refractivity contribution in [3.8, 4) is 23.3 Å². The number of benzene rings is 2. The number of carbonyl (C=O) groups is 1. The Kier molecular flexibility index (Phi) is 5.43. The summed E-state index contributed by atoms with van der Waals surface area (Å²) >= 11 is 2.58. The van der Waals surface area contributed by atoms with E-state index in [-0.39, 0.29) is 18.5 Å². The van der Waals surface area contributed by atoms with E-state index in [1.165, 1.54) is 23.1 Å². The highest BCUT2D eigenvalue weighted by Crippen LogP contribution is 2.37. The number of hydrogen-bond donors (Lipinski definition) is 1. The Labute approximate surface area is 191 Å². The fourth-order valence-corrected chi connectivity index (χ4v) is 4.91. The molecule has 3 heterocycles. The highest BCUT2D eigenvalue weighted by molar-refractivity contribution is 8.00. The Morgan fingerprint density at radius 1 is 1.22 bits per heavy atom. The van der Waals surface area contributed by atoms with Gasteiger partial charge in [0, 0.05) is 11.5 Å². The van der Waals surface area contributed by atoms with Crippen LogP contribution in [0.15, 0.2) is 41.4 Å². The van der Waals surface area contributed by atoms with Crippen LogP contribution in [0.5, 0.6) is 17.2 Å². The summed E-state index contributed by atoms with van der Waals surface area (Å²) in [4.78, 5) is 21.5. The highest BCUT2D eigenvalue weighted by atomic mass is 32.2. The number of thioether (sulfide) groups is 1. The fourth-order valence-electron chi connectivity index (χ4n) is 3.24. The molecule has 0 bridgehead atoms. The standard InChI is InChI=1S/C22H16N4O4S2/c1-2-28-14-3-4-15-19(7-14)32-22(25-15)26-20(27)10-31-21-13(9-23)5-12-6-17-18(30-11-29-17)8-16(12)24-21/h3-8H,2,10-11H2,1H3,(H,25,26,27). The highest BCUT2D eigenvalue weighted by Gasteiger charge is 2.17. The molecular formula is C22H16N4O4S2. The second kappa shape index (κ2) is 8.53. The maximum absolute atomic E-state index is 12.5. The molecule has 0 fully saturated rings. The first-order valence-electron chi connectivity index (χ1n) is 9.73. The zero-order valence-corrected chi connectivity index (χ0v) is 18.5. The fraction of sp³-hybridized carbons (Fsp3) is 0.182. The Morgan fingerprint density at radius 2 is 2.06 bits per heavy atom. The average molecular weight is 465 g/mol. The molecule has 0 unspecified atom stereocenters. The normalized spacial score (nSPS) is 12.1. The van der Waals surface area contributed by atoms with Gasteiger partial charge in [0.15, 0.2) is 16.6 Å². The Bertz CT molecular complexity index is 1400. The van der Waals surface area contributed by atoms with Crippen molar-refractivity contribution in [2.45, 2.75) is 11.9 Å². The molecule has 0 saturated heterocycles.